The number of benzene rings is 2. The van der Waals surface area contributed by atoms with Crippen molar-refractivity contribution in [2.45, 2.75) is 39.3 Å². The molecule has 3 rings (SSSR count). The smallest absolute Gasteiger partial charge is 0.251 e. The van der Waals surface area contributed by atoms with E-state index in [0.717, 1.165) is 36.2 Å². The van der Waals surface area contributed by atoms with E-state index in [1.54, 1.807) is 0 Å². The third-order valence-electron chi connectivity index (χ3n) is 4.26. The van der Waals surface area contributed by atoms with Gasteiger partial charge in [-0.1, -0.05) is 25.5 Å². The van der Waals surface area contributed by atoms with E-state index in [4.69, 9.17) is 4.98 Å². The Morgan fingerprint density at radius 1 is 1.20 bits per heavy atom. The van der Waals surface area contributed by atoms with E-state index < -0.39 is 0 Å². The van der Waals surface area contributed by atoms with Gasteiger partial charge in [-0.2, -0.15) is 0 Å². The lowest BCUT2D eigenvalue weighted by molar-refractivity contribution is 0.0937. The third kappa shape index (κ3) is 3.71. The van der Waals surface area contributed by atoms with Crippen LogP contribution in [0.1, 0.15) is 48.9 Å². The number of imidazole rings is 1. The van der Waals surface area contributed by atoms with Gasteiger partial charge >= 0.3 is 0 Å². The van der Waals surface area contributed by atoms with Gasteiger partial charge in [-0.15, -0.1) is 0 Å². The van der Waals surface area contributed by atoms with Crippen LogP contribution in [0, 0.1) is 5.82 Å². The van der Waals surface area contributed by atoms with Crippen molar-refractivity contribution in [1.82, 2.24) is 14.9 Å². The SMILES string of the molecule is CCCCn1c([C@H](C)NC(=O)c2ccc(F)cc2)nc2ccccc21. The number of halogens is 1. The van der Waals surface area contributed by atoms with E-state index in [-0.39, 0.29) is 17.8 Å². The molecule has 4 nitrogen and oxygen atoms in total. The van der Waals surface area contributed by atoms with Crippen LogP contribution in [0.2, 0.25) is 0 Å². The Labute approximate surface area is 146 Å². The highest BCUT2D eigenvalue weighted by Gasteiger charge is 2.18. The second kappa shape index (κ2) is 7.47. The van der Waals surface area contributed by atoms with Gasteiger partial charge in [0.15, 0.2) is 0 Å². The molecule has 1 atom stereocenters. The number of aromatic nitrogens is 2. The topological polar surface area (TPSA) is 46.9 Å². The fraction of sp³-hybridized carbons (Fsp3) is 0.300. The van der Waals surface area contributed by atoms with Crippen LogP contribution in [0.15, 0.2) is 48.5 Å². The van der Waals surface area contributed by atoms with E-state index in [2.05, 4.69) is 22.9 Å². The van der Waals surface area contributed by atoms with E-state index in [0.29, 0.717) is 5.56 Å². The zero-order chi connectivity index (χ0) is 17.8. The molecule has 0 saturated carbocycles. The number of amides is 1. The molecule has 0 aliphatic heterocycles. The quantitative estimate of drug-likeness (QED) is 0.720. The van der Waals surface area contributed by atoms with Gasteiger partial charge in [0, 0.05) is 12.1 Å². The summed E-state index contributed by atoms with van der Waals surface area (Å²) in [6.07, 6.45) is 2.13. The van der Waals surface area contributed by atoms with Gasteiger partial charge in [0.2, 0.25) is 0 Å². The molecule has 0 radical (unpaired) electrons. The average molecular weight is 339 g/mol. The van der Waals surface area contributed by atoms with Gasteiger partial charge in [-0.05, 0) is 49.7 Å². The van der Waals surface area contributed by atoms with E-state index in [9.17, 15) is 9.18 Å². The highest BCUT2D eigenvalue weighted by molar-refractivity contribution is 5.94. The number of hydrogen-bond acceptors (Lipinski definition) is 2. The molecule has 0 saturated heterocycles. The lowest BCUT2D eigenvalue weighted by atomic mass is 10.2. The fourth-order valence-electron chi connectivity index (χ4n) is 2.92. The second-order valence-corrected chi connectivity index (χ2v) is 6.17. The molecule has 5 heteroatoms. The normalized spacial score (nSPS) is 12.3. The minimum Gasteiger partial charge on any atom is -0.342 e. The second-order valence-electron chi connectivity index (χ2n) is 6.17. The predicted molar refractivity (Wildman–Crippen MR) is 96.9 cm³/mol. The van der Waals surface area contributed by atoms with Crippen LogP contribution >= 0.6 is 0 Å². The maximum absolute atomic E-state index is 13.0. The van der Waals surface area contributed by atoms with Gasteiger partial charge in [0.05, 0.1) is 17.1 Å². The maximum Gasteiger partial charge on any atom is 0.251 e. The number of fused-ring (bicyclic) bond motifs is 1. The van der Waals surface area contributed by atoms with Crippen molar-refractivity contribution in [3.63, 3.8) is 0 Å². The fourth-order valence-corrected chi connectivity index (χ4v) is 2.92. The molecule has 1 aromatic heterocycles. The van der Waals surface area contributed by atoms with Gasteiger partial charge in [-0.25, -0.2) is 9.37 Å². The molecule has 0 bridgehead atoms. The molecule has 3 aromatic rings. The highest BCUT2D eigenvalue weighted by atomic mass is 19.1. The summed E-state index contributed by atoms with van der Waals surface area (Å²) in [6.45, 7) is 4.94. The Morgan fingerprint density at radius 2 is 1.92 bits per heavy atom. The number of rotatable bonds is 6. The summed E-state index contributed by atoms with van der Waals surface area (Å²) in [5.74, 6) is 0.248. The van der Waals surface area contributed by atoms with Crippen molar-refractivity contribution in [3.05, 3.63) is 65.7 Å². The Balaban J connectivity index is 1.86. The number of hydrogen-bond donors (Lipinski definition) is 1. The van der Waals surface area contributed by atoms with Crippen molar-refractivity contribution in [3.8, 4) is 0 Å². The van der Waals surface area contributed by atoms with Crippen LogP contribution < -0.4 is 5.32 Å². The Bertz CT molecular complexity index is 870. The zero-order valence-corrected chi connectivity index (χ0v) is 14.5. The van der Waals surface area contributed by atoms with Crippen molar-refractivity contribution in [2.75, 3.05) is 0 Å². The van der Waals surface area contributed by atoms with Crippen molar-refractivity contribution >= 4 is 16.9 Å². The number of aryl methyl sites for hydroxylation is 1. The van der Waals surface area contributed by atoms with Crippen LogP contribution in [0.4, 0.5) is 4.39 Å². The number of carbonyl (C=O) groups excluding carboxylic acids is 1. The monoisotopic (exact) mass is 339 g/mol. The van der Waals surface area contributed by atoms with Crippen LogP contribution in [0.25, 0.3) is 11.0 Å². The summed E-state index contributed by atoms with van der Waals surface area (Å²) in [7, 11) is 0. The van der Waals surface area contributed by atoms with Gasteiger partial charge < -0.3 is 9.88 Å². The van der Waals surface area contributed by atoms with E-state index >= 15 is 0 Å². The van der Waals surface area contributed by atoms with E-state index in [1.165, 1.54) is 24.3 Å². The molecule has 0 spiro atoms. The van der Waals surface area contributed by atoms with Crippen molar-refractivity contribution < 1.29 is 9.18 Å². The van der Waals surface area contributed by atoms with E-state index in [1.807, 2.05) is 25.1 Å². The standard InChI is InChI=1S/C20H22FN3O/c1-3-4-13-24-18-8-6-5-7-17(18)23-19(24)14(2)22-20(25)15-9-11-16(21)12-10-15/h5-12,14H,3-4,13H2,1-2H3,(H,22,25)/t14-/m0/s1. The number of carbonyl (C=O) groups is 1. The van der Waals surface area contributed by atoms with Crippen molar-refractivity contribution in [2.24, 2.45) is 0 Å². The summed E-state index contributed by atoms with van der Waals surface area (Å²) < 4.78 is 15.2. The molecule has 130 valence electrons. The summed E-state index contributed by atoms with van der Waals surface area (Å²) in [6, 6.07) is 13.3. The minimum absolute atomic E-state index is 0.235. The average Bonchev–Trinajstić information content (AvgIpc) is 2.99. The number of nitrogens with one attached hydrogen (secondary N) is 1. The molecule has 0 fully saturated rings. The first-order chi connectivity index (χ1) is 12.1. The largest absolute Gasteiger partial charge is 0.342 e. The first-order valence-electron chi connectivity index (χ1n) is 8.61. The first kappa shape index (κ1) is 17.1. The Morgan fingerprint density at radius 3 is 2.64 bits per heavy atom. The van der Waals surface area contributed by atoms with Gasteiger partial charge in [-0.3, -0.25) is 4.79 Å². The van der Waals surface area contributed by atoms with Crippen LogP contribution in [-0.2, 0) is 6.54 Å². The molecular formula is C20H22FN3O. The molecule has 1 heterocycles. The van der Waals surface area contributed by atoms with Crippen LogP contribution in [0.3, 0.4) is 0 Å². The molecule has 2 aromatic carbocycles. The summed E-state index contributed by atoms with van der Waals surface area (Å²) in [5, 5.41) is 2.96. The van der Waals surface area contributed by atoms with Crippen LogP contribution in [-0.4, -0.2) is 15.5 Å². The minimum atomic E-state index is -0.356. The third-order valence-corrected chi connectivity index (χ3v) is 4.26. The molecule has 25 heavy (non-hydrogen) atoms. The van der Waals surface area contributed by atoms with Crippen LogP contribution in [0.5, 0.6) is 0 Å². The van der Waals surface area contributed by atoms with Gasteiger partial charge in [0.25, 0.3) is 5.91 Å². The number of nitrogens with zero attached hydrogens (tertiary/aromatic N) is 2. The molecule has 1 amide bonds. The zero-order valence-electron chi connectivity index (χ0n) is 14.5. The summed E-state index contributed by atoms with van der Waals surface area (Å²) >= 11 is 0. The Hall–Kier alpha value is -2.69. The lowest BCUT2D eigenvalue weighted by Gasteiger charge is -2.16. The van der Waals surface area contributed by atoms with Gasteiger partial charge in [0.1, 0.15) is 11.6 Å². The molecular weight excluding hydrogens is 317 g/mol. The Kier molecular flexibility index (Phi) is 5.12. The highest BCUT2D eigenvalue weighted by Crippen LogP contribution is 2.22. The number of para-hydroxylation sites is 2. The van der Waals surface area contributed by atoms with Crippen molar-refractivity contribution in [1.29, 1.82) is 0 Å². The molecule has 1 N–H and O–H groups in total. The molecule has 0 unspecified atom stereocenters. The predicted octanol–water partition coefficient (Wildman–Crippen LogP) is 4.47. The summed E-state index contributed by atoms with van der Waals surface area (Å²) in [5.41, 5.74) is 2.44. The summed E-state index contributed by atoms with van der Waals surface area (Å²) in [4.78, 5) is 17.1. The molecule has 0 aliphatic rings. The molecule has 0 aliphatic carbocycles. The lowest BCUT2D eigenvalue weighted by Crippen LogP contribution is -2.28. The maximum atomic E-state index is 13.0. The number of unbranched alkanes of at least 4 members (excludes halogenated alkanes) is 1. The first-order valence-corrected chi connectivity index (χ1v) is 8.61.